The largest absolute Gasteiger partial charge is 0.303 e. The van der Waals surface area contributed by atoms with Crippen molar-refractivity contribution in [2.45, 2.75) is 64.7 Å². The quantitative estimate of drug-likeness (QED) is 0.628. The summed E-state index contributed by atoms with van der Waals surface area (Å²) in [5.41, 5.74) is 0.0902. The van der Waals surface area contributed by atoms with Crippen molar-refractivity contribution < 1.29 is 4.79 Å². The van der Waals surface area contributed by atoms with Crippen LogP contribution in [0, 0.1) is 17.3 Å². The molecule has 0 aromatic rings. The second-order valence-corrected chi connectivity index (χ2v) is 5.88. The van der Waals surface area contributed by atoms with Gasteiger partial charge in [0.25, 0.3) is 0 Å². The molecular formula is C14H24O. The second kappa shape index (κ2) is 4.67. The van der Waals surface area contributed by atoms with E-state index in [0.717, 1.165) is 5.92 Å². The Morgan fingerprint density at radius 1 is 1.07 bits per heavy atom. The Kier molecular flexibility index (Phi) is 3.48. The van der Waals surface area contributed by atoms with Crippen molar-refractivity contribution in [1.29, 1.82) is 0 Å². The lowest BCUT2D eigenvalue weighted by Gasteiger charge is -2.42. The lowest BCUT2D eigenvalue weighted by atomic mass is 9.61. The van der Waals surface area contributed by atoms with Gasteiger partial charge in [-0.3, -0.25) is 0 Å². The van der Waals surface area contributed by atoms with Gasteiger partial charge in [0.15, 0.2) is 0 Å². The Labute approximate surface area is 93.6 Å². The molecule has 2 rings (SSSR count). The molecule has 0 saturated heterocycles. The van der Waals surface area contributed by atoms with Crippen molar-refractivity contribution in [2.75, 3.05) is 0 Å². The third-order valence-corrected chi connectivity index (χ3v) is 4.77. The number of hydrogen-bond acceptors (Lipinski definition) is 1. The smallest absolute Gasteiger partial charge is 0.126 e. The molecular weight excluding hydrogens is 184 g/mol. The summed E-state index contributed by atoms with van der Waals surface area (Å²) in [4.78, 5) is 11.5. The first kappa shape index (κ1) is 11.2. The zero-order valence-electron chi connectivity index (χ0n) is 10.0. The molecule has 2 atom stereocenters. The summed E-state index contributed by atoms with van der Waals surface area (Å²) in [5.74, 6) is 1.56. The lowest BCUT2D eigenvalue weighted by molar-refractivity contribution is -0.122. The van der Waals surface area contributed by atoms with Crippen LogP contribution in [0.2, 0.25) is 0 Å². The molecule has 1 nitrogen and oxygen atoms in total. The fraction of sp³-hybridized carbons (Fsp3) is 0.929. The molecule has 0 heterocycles. The van der Waals surface area contributed by atoms with Crippen molar-refractivity contribution in [1.82, 2.24) is 0 Å². The van der Waals surface area contributed by atoms with E-state index in [2.05, 4.69) is 6.92 Å². The standard InChI is InChI=1S/C14H24O/c1-12-6-5-7-13(10-12)14(11-15)8-3-2-4-9-14/h11-13H,2-10H2,1H3. The van der Waals surface area contributed by atoms with Crippen LogP contribution in [0.3, 0.4) is 0 Å². The van der Waals surface area contributed by atoms with Crippen molar-refractivity contribution in [3.63, 3.8) is 0 Å². The maximum absolute atomic E-state index is 11.5. The Morgan fingerprint density at radius 2 is 1.80 bits per heavy atom. The fourth-order valence-electron chi connectivity index (χ4n) is 3.79. The highest BCUT2D eigenvalue weighted by atomic mass is 16.1. The van der Waals surface area contributed by atoms with Gasteiger partial charge in [-0.05, 0) is 37.5 Å². The van der Waals surface area contributed by atoms with Crippen LogP contribution in [0.5, 0.6) is 0 Å². The number of hydrogen-bond donors (Lipinski definition) is 0. The molecule has 2 fully saturated rings. The van der Waals surface area contributed by atoms with Crippen LogP contribution < -0.4 is 0 Å². The molecule has 0 amide bonds. The van der Waals surface area contributed by atoms with Gasteiger partial charge < -0.3 is 4.79 Å². The van der Waals surface area contributed by atoms with Gasteiger partial charge >= 0.3 is 0 Å². The molecule has 0 N–H and O–H groups in total. The third kappa shape index (κ3) is 2.26. The Hall–Kier alpha value is -0.330. The lowest BCUT2D eigenvalue weighted by Crippen LogP contribution is -2.37. The SMILES string of the molecule is CC1CCCC(C2(C=O)CCCCC2)C1. The summed E-state index contributed by atoms with van der Waals surface area (Å²) >= 11 is 0. The summed E-state index contributed by atoms with van der Waals surface area (Å²) in [6, 6.07) is 0. The summed E-state index contributed by atoms with van der Waals surface area (Å²) in [6.07, 6.45) is 12.9. The van der Waals surface area contributed by atoms with Crippen molar-refractivity contribution in [3.05, 3.63) is 0 Å². The van der Waals surface area contributed by atoms with E-state index in [4.69, 9.17) is 0 Å². The molecule has 2 aliphatic carbocycles. The van der Waals surface area contributed by atoms with E-state index in [1.165, 1.54) is 64.1 Å². The van der Waals surface area contributed by atoms with E-state index in [1.54, 1.807) is 0 Å². The monoisotopic (exact) mass is 208 g/mol. The topological polar surface area (TPSA) is 17.1 Å². The number of aldehydes is 1. The van der Waals surface area contributed by atoms with Crippen LogP contribution >= 0.6 is 0 Å². The molecule has 0 spiro atoms. The normalized spacial score (nSPS) is 36.1. The van der Waals surface area contributed by atoms with E-state index >= 15 is 0 Å². The van der Waals surface area contributed by atoms with Crippen molar-refractivity contribution >= 4 is 6.29 Å². The van der Waals surface area contributed by atoms with Gasteiger partial charge in [0.05, 0.1) is 0 Å². The molecule has 2 aliphatic rings. The van der Waals surface area contributed by atoms with Gasteiger partial charge in [-0.15, -0.1) is 0 Å². The molecule has 0 aromatic heterocycles. The average Bonchev–Trinajstić information content (AvgIpc) is 2.30. The molecule has 86 valence electrons. The molecule has 0 aliphatic heterocycles. The van der Waals surface area contributed by atoms with Crippen LogP contribution in [-0.4, -0.2) is 6.29 Å². The van der Waals surface area contributed by atoms with Gasteiger partial charge in [0.1, 0.15) is 6.29 Å². The van der Waals surface area contributed by atoms with E-state index < -0.39 is 0 Å². The van der Waals surface area contributed by atoms with E-state index in [-0.39, 0.29) is 5.41 Å². The van der Waals surface area contributed by atoms with E-state index in [1.807, 2.05) is 0 Å². The number of carbonyl (C=O) groups excluding carboxylic acids is 1. The minimum Gasteiger partial charge on any atom is -0.303 e. The Bertz CT molecular complexity index is 215. The first-order valence-corrected chi connectivity index (χ1v) is 6.73. The molecule has 15 heavy (non-hydrogen) atoms. The van der Waals surface area contributed by atoms with Crippen LogP contribution in [-0.2, 0) is 4.79 Å². The summed E-state index contributed by atoms with van der Waals surface area (Å²) in [7, 11) is 0. The molecule has 0 aromatic carbocycles. The average molecular weight is 208 g/mol. The second-order valence-electron chi connectivity index (χ2n) is 5.88. The highest BCUT2D eigenvalue weighted by Crippen LogP contribution is 2.47. The maximum atomic E-state index is 11.5. The van der Waals surface area contributed by atoms with Gasteiger partial charge in [-0.1, -0.05) is 39.0 Å². The number of rotatable bonds is 2. The predicted molar refractivity (Wildman–Crippen MR) is 62.7 cm³/mol. The first-order valence-electron chi connectivity index (χ1n) is 6.73. The van der Waals surface area contributed by atoms with Crippen LogP contribution in [0.25, 0.3) is 0 Å². The molecule has 2 unspecified atom stereocenters. The van der Waals surface area contributed by atoms with Gasteiger partial charge in [-0.2, -0.15) is 0 Å². The summed E-state index contributed by atoms with van der Waals surface area (Å²) < 4.78 is 0. The number of carbonyl (C=O) groups is 1. The van der Waals surface area contributed by atoms with Crippen molar-refractivity contribution in [3.8, 4) is 0 Å². The highest BCUT2D eigenvalue weighted by molar-refractivity contribution is 5.60. The van der Waals surface area contributed by atoms with E-state index in [9.17, 15) is 4.79 Å². The first-order chi connectivity index (χ1) is 7.27. The van der Waals surface area contributed by atoms with E-state index in [0.29, 0.717) is 5.92 Å². The van der Waals surface area contributed by atoms with Crippen LogP contribution in [0.4, 0.5) is 0 Å². The van der Waals surface area contributed by atoms with Gasteiger partial charge in [0.2, 0.25) is 0 Å². The van der Waals surface area contributed by atoms with Crippen LogP contribution in [0.1, 0.15) is 64.7 Å². The highest BCUT2D eigenvalue weighted by Gasteiger charge is 2.40. The molecule has 1 heteroatoms. The third-order valence-electron chi connectivity index (χ3n) is 4.77. The molecule has 0 radical (unpaired) electrons. The molecule has 0 bridgehead atoms. The Balaban J connectivity index is 2.06. The van der Waals surface area contributed by atoms with Gasteiger partial charge in [0, 0.05) is 5.41 Å². The van der Waals surface area contributed by atoms with Crippen molar-refractivity contribution in [2.24, 2.45) is 17.3 Å². The zero-order valence-corrected chi connectivity index (χ0v) is 10.0. The predicted octanol–water partition coefficient (Wildman–Crippen LogP) is 3.96. The molecule has 2 saturated carbocycles. The minimum absolute atomic E-state index is 0.0902. The Morgan fingerprint density at radius 3 is 2.40 bits per heavy atom. The van der Waals surface area contributed by atoms with Crippen LogP contribution in [0.15, 0.2) is 0 Å². The zero-order chi connectivity index (χ0) is 10.7. The van der Waals surface area contributed by atoms with Gasteiger partial charge in [-0.25, -0.2) is 0 Å². The summed E-state index contributed by atoms with van der Waals surface area (Å²) in [6.45, 7) is 2.35. The maximum Gasteiger partial charge on any atom is 0.126 e. The fourth-order valence-corrected chi connectivity index (χ4v) is 3.79. The minimum atomic E-state index is 0.0902. The summed E-state index contributed by atoms with van der Waals surface area (Å²) in [5, 5.41) is 0.